The Hall–Kier alpha value is -2.06. The average molecular weight is 386 g/mol. The Kier molecular flexibility index (Phi) is 5.87. The lowest BCUT2D eigenvalue weighted by Crippen LogP contribution is -2.37. The van der Waals surface area contributed by atoms with E-state index < -0.39 is 0 Å². The maximum atomic E-state index is 5.44. The predicted octanol–water partition coefficient (Wildman–Crippen LogP) is 1.94. The molecule has 0 N–H and O–H groups in total. The number of hydrogen-bond acceptors (Lipinski definition) is 7. The molecule has 2 fully saturated rings. The second kappa shape index (κ2) is 8.53. The molecular formula is C20H31N7O. The zero-order valence-corrected chi connectivity index (χ0v) is 17.2. The normalized spacial score (nSPS) is 21.4. The van der Waals surface area contributed by atoms with Gasteiger partial charge >= 0.3 is 0 Å². The van der Waals surface area contributed by atoms with Crippen LogP contribution in [0.2, 0.25) is 0 Å². The summed E-state index contributed by atoms with van der Waals surface area (Å²) in [5, 5.41) is 9.05. The van der Waals surface area contributed by atoms with Crippen LogP contribution in [-0.2, 0) is 18.3 Å². The highest BCUT2D eigenvalue weighted by molar-refractivity contribution is 5.32. The van der Waals surface area contributed by atoms with Crippen molar-refractivity contribution in [2.75, 3.05) is 44.3 Å². The van der Waals surface area contributed by atoms with Gasteiger partial charge in [0.25, 0.3) is 0 Å². The lowest BCUT2D eigenvalue weighted by Gasteiger charge is -2.32. The summed E-state index contributed by atoms with van der Waals surface area (Å²) < 4.78 is 7.63. The molecule has 8 nitrogen and oxygen atoms in total. The monoisotopic (exact) mass is 385 g/mol. The molecule has 1 atom stereocenters. The molecule has 0 aromatic carbocycles. The number of anilines is 1. The molecule has 2 aliphatic heterocycles. The summed E-state index contributed by atoms with van der Waals surface area (Å²) in [5.74, 6) is 3.74. The molecule has 0 aliphatic carbocycles. The van der Waals surface area contributed by atoms with Gasteiger partial charge in [-0.05, 0) is 24.3 Å². The second-order valence-corrected chi connectivity index (χ2v) is 8.18. The molecule has 4 heterocycles. The van der Waals surface area contributed by atoms with Crippen molar-refractivity contribution in [1.82, 2.24) is 29.6 Å². The van der Waals surface area contributed by atoms with Crippen molar-refractivity contribution in [2.45, 2.75) is 45.1 Å². The van der Waals surface area contributed by atoms with Crippen LogP contribution in [0.25, 0.3) is 0 Å². The lowest BCUT2D eigenvalue weighted by atomic mass is 9.97. The van der Waals surface area contributed by atoms with E-state index in [0.29, 0.717) is 11.8 Å². The standard InChI is InChI=1S/C20H31N7O/c1-15(2)17-11-21-20(22-12-17)27-6-4-5-16(13-27)19-24-23-18(25(19)3)14-26-7-9-28-10-8-26/h11-12,15-16H,4-10,13-14H2,1-3H3/t16-/m0/s1. The van der Waals surface area contributed by atoms with Crippen LogP contribution < -0.4 is 4.90 Å². The molecule has 8 heteroatoms. The Morgan fingerprint density at radius 1 is 1.11 bits per heavy atom. The third-order valence-electron chi connectivity index (χ3n) is 5.86. The maximum absolute atomic E-state index is 5.44. The number of piperidine rings is 1. The fourth-order valence-corrected chi connectivity index (χ4v) is 3.99. The van der Waals surface area contributed by atoms with Crippen LogP contribution in [-0.4, -0.2) is 69.0 Å². The van der Waals surface area contributed by atoms with Crippen molar-refractivity contribution in [1.29, 1.82) is 0 Å². The SMILES string of the molecule is CC(C)c1cnc(N2CCC[C@H](c3nnc(CN4CCOCC4)n3C)C2)nc1. The summed E-state index contributed by atoms with van der Waals surface area (Å²) >= 11 is 0. The molecule has 2 aromatic rings. The van der Waals surface area contributed by atoms with Gasteiger partial charge in [0.05, 0.1) is 19.8 Å². The van der Waals surface area contributed by atoms with Crippen LogP contribution in [0, 0.1) is 0 Å². The predicted molar refractivity (Wildman–Crippen MR) is 107 cm³/mol. The minimum Gasteiger partial charge on any atom is -0.379 e. The molecule has 152 valence electrons. The number of aromatic nitrogens is 5. The highest BCUT2D eigenvalue weighted by Crippen LogP contribution is 2.28. The van der Waals surface area contributed by atoms with Gasteiger partial charge < -0.3 is 14.2 Å². The largest absolute Gasteiger partial charge is 0.379 e. The molecular weight excluding hydrogens is 354 g/mol. The van der Waals surface area contributed by atoms with Gasteiger partial charge in [-0.3, -0.25) is 4.90 Å². The quantitative estimate of drug-likeness (QED) is 0.779. The van der Waals surface area contributed by atoms with Crippen molar-refractivity contribution < 1.29 is 4.74 Å². The molecule has 0 unspecified atom stereocenters. The van der Waals surface area contributed by atoms with E-state index in [9.17, 15) is 0 Å². The van der Waals surface area contributed by atoms with Crippen molar-refractivity contribution in [2.24, 2.45) is 7.05 Å². The second-order valence-electron chi connectivity index (χ2n) is 8.18. The Morgan fingerprint density at radius 3 is 2.57 bits per heavy atom. The van der Waals surface area contributed by atoms with Gasteiger partial charge in [-0.15, -0.1) is 10.2 Å². The molecule has 2 saturated heterocycles. The summed E-state index contributed by atoms with van der Waals surface area (Å²) in [6.45, 7) is 10.6. The summed E-state index contributed by atoms with van der Waals surface area (Å²) in [7, 11) is 2.10. The first kappa shape index (κ1) is 19.3. The van der Waals surface area contributed by atoms with E-state index in [1.807, 2.05) is 12.4 Å². The summed E-state index contributed by atoms with van der Waals surface area (Å²) in [4.78, 5) is 13.9. The lowest BCUT2D eigenvalue weighted by molar-refractivity contribution is 0.0326. The van der Waals surface area contributed by atoms with E-state index in [1.165, 1.54) is 5.56 Å². The highest BCUT2D eigenvalue weighted by Gasteiger charge is 2.27. The van der Waals surface area contributed by atoms with E-state index in [0.717, 1.165) is 76.4 Å². The van der Waals surface area contributed by atoms with Gasteiger partial charge in [0, 0.05) is 51.5 Å². The van der Waals surface area contributed by atoms with Crippen LogP contribution in [0.1, 0.15) is 55.7 Å². The maximum Gasteiger partial charge on any atom is 0.225 e. The van der Waals surface area contributed by atoms with E-state index in [4.69, 9.17) is 4.74 Å². The first-order valence-electron chi connectivity index (χ1n) is 10.4. The minimum atomic E-state index is 0.359. The fraction of sp³-hybridized carbons (Fsp3) is 0.700. The van der Waals surface area contributed by atoms with Gasteiger partial charge in [-0.1, -0.05) is 13.8 Å². The van der Waals surface area contributed by atoms with Crippen LogP contribution in [0.15, 0.2) is 12.4 Å². The first-order chi connectivity index (χ1) is 13.6. The van der Waals surface area contributed by atoms with Gasteiger partial charge in [0.2, 0.25) is 5.95 Å². The van der Waals surface area contributed by atoms with Crippen LogP contribution >= 0.6 is 0 Å². The molecule has 0 bridgehead atoms. The van der Waals surface area contributed by atoms with Crippen molar-refractivity contribution in [3.05, 3.63) is 29.6 Å². The third-order valence-corrected chi connectivity index (χ3v) is 5.86. The van der Waals surface area contributed by atoms with Crippen LogP contribution in [0.5, 0.6) is 0 Å². The molecule has 0 spiro atoms. The van der Waals surface area contributed by atoms with E-state index in [-0.39, 0.29) is 0 Å². The molecule has 4 rings (SSSR count). The van der Waals surface area contributed by atoms with Gasteiger partial charge in [-0.25, -0.2) is 9.97 Å². The van der Waals surface area contributed by atoms with Crippen molar-refractivity contribution in [3.63, 3.8) is 0 Å². The van der Waals surface area contributed by atoms with Crippen LogP contribution in [0.4, 0.5) is 5.95 Å². The van der Waals surface area contributed by atoms with Crippen molar-refractivity contribution in [3.8, 4) is 0 Å². The number of hydrogen-bond donors (Lipinski definition) is 0. The number of ether oxygens (including phenoxy) is 1. The average Bonchev–Trinajstić information content (AvgIpc) is 3.09. The highest BCUT2D eigenvalue weighted by atomic mass is 16.5. The van der Waals surface area contributed by atoms with Gasteiger partial charge in [0.1, 0.15) is 11.6 Å². The number of morpholine rings is 1. The summed E-state index contributed by atoms with van der Waals surface area (Å²) in [5.41, 5.74) is 1.18. The smallest absolute Gasteiger partial charge is 0.225 e. The minimum absolute atomic E-state index is 0.359. The Morgan fingerprint density at radius 2 is 1.86 bits per heavy atom. The topological polar surface area (TPSA) is 72.2 Å². The zero-order valence-electron chi connectivity index (χ0n) is 17.2. The molecule has 2 aromatic heterocycles. The Bertz CT molecular complexity index is 767. The number of rotatable bonds is 5. The van der Waals surface area contributed by atoms with Gasteiger partial charge in [-0.2, -0.15) is 0 Å². The number of nitrogens with zero attached hydrogens (tertiary/aromatic N) is 7. The molecule has 0 radical (unpaired) electrons. The first-order valence-corrected chi connectivity index (χ1v) is 10.4. The summed E-state index contributed by atoms with van der Waals surface area (Å²) in [6.07, 6.45) is 6.16. The molecule has 28 heavy (non-hydrogen) atoms. The molecule has 2 aliphatic rings. The third kappa shape index (κ3) is 4.17. The fourth-order valence-electron chi connectivity index (χ4n) is 3.99. The zero-order chi connectivity index (χ0) is 19.5. The Labute approximate surface area is 166 Å². The summed E-state index contributed by atoms with van der Waals surface area (Å²) in [6, 6.07) is 0. The Balaban J connectivity index is 1.44. The molecule has 0 saturated carbocycles. The van der Waals surface area contributed by atoms with E-state index >= 15 is 0 Å². The van der Waals surface area contributed by atoms with E-state index in [1.54, 1.807) is 0 Å². The van der Waals surface area contributed by atoms with Crippen LogP contribution in [0.3, 0.4) is 0 Å². The van der Waals surface area contributed by atoms with Crippen molar-refractivity contribution >= 4 is 5.95 Å². The van der Waals surface area contributed by atoms with Gasteiger partial charge in [0.15, 0.2) is 0 Å². The van der Waals surface area contributed by atoms with E-state index in [2.05, 4.69) is 55.4 Å². The molecule has 0 amide bonds.